The summed E-state index contributed by atoms with van der Waals surface area (Å²) in [6.45, 7) is 3.76. The van der Waals surface area contributed by atoms with E-state index in [0.29, 0.717) is 0 Å². The number of imidazole rings is 1. The number of benzene rings is 1. The maximum Gasteiger partial charge on any atom is 0.245 e. The molecule has 4 nitrogen and oxygen atoms in total. The lowest BCUT2D eigenvalue weighted by Gasteiger charge is -2.29. The Morgan fingerprint density at radius 3 is 2.74 bits per heavy atom. The molecule has 1 amide bonds. The van der Waals surface area contributed by atoms with Crippen molar-refractivity contribution in [1.29, 1.82) is 0 Å². The van der Waals surface area contributed by atoms with Gasteiger partial charge in [-0.3, -0.25) is 4.79 Å². The van der Waals surface area contributed by atoms with E-state index in [-0.39, 0.29) is 11.9 Å². The number of carbonyl (C=O) groups is 1. The predicted molar refractivity (Wildman–Crippen MR) is 74.9 cm³/mol. The first-order valence-corrected chi connectivity index (χ1v) is 6.98. The molecule has 0 spiro atoms. The van der Waals surface area contributed by atoms with Crippen LogP contribution in [0.3, 0.4) is 0 Å². The van der Waals surface area contributed by atoms with Crippen molar-refractivity contribution in [2.24, 2.45) is 0 Å². The van der Waals surface area contributed by atoms with Gasteiger partial charge in [0.25, 0.3) is 0 Å². The zero-order valence-electron chi connectivity index (χ0n) is 11.2. The highest BCUT2D eigenvalue weighted by Gasteiger charge is 2.24. The number of piperidine rings is 1. The van der Waals surface area contributed by atoms with E-state index in [1.165, 1.54) is 6.42 Å². The molecular weight excluding hydrogens is 238 g/mol. The summed E-state index contributed by atoms with van der Waals surface area (Å²) >= 11 is 0. The molecule has 0 aliphatic carbocycles. The van der Waals surface area contributed by atoms with Gasteiger partial charge >= 0.3 is 0 Å². The summed E-state index contributed by atoms with van der Waals surface area (Å²) in [5.41, 5.74) is 1.97. The molecule has 1 aromatic heterocycles. The molecular formula is C15H19N3O. The quantitative estimate of drug-likeness (QED) is 0.829. The minimum absolute atomic E-state index is 0.175. The van der Waals surface area contributed by atoms with E-state index in [4.69, 9.17) is 0 Å². The van der Waals surface area contributed by atoms with Crippen LogP contribution < -0.4 is 0 Å². The summed E-state index contributed by atoms with van der Waals surface area (Å²) in [5, 5.41) is 0. The molecule has 3 rings (SSSR count). The predicted octanol–water partition coefficient (Wildman–Crippen LogP) is 2.61. The van der Waals surface area contributed by atoms with Crippen LogP contribution >= 0.6 is 0 Å². The highest BCUT2D eigenvalue weighted by atomic mass is 16.2. The monoisotopic (exact) mass is 257 g/mol. The fourth-order valence-electron chi connectivity index (χ4n) is 2.78. The Labute approximate surface area is 113 Å². The highest BCUT2D eigenvalue weighted by Crippen LogP contribution is 2.20. The molecule has 1 aliphatic heterocycles. The number of likely N-dealkylation sites (tertiary alicyclic amines) is 1. The zero-order chi connectivity index (χ0) is 13.2. The Hall–Kier alpha value is -1.84. The molecule has 2 heterocycles. The molecule has 100 valence electrons. The molecule has 1 atom stereocenters. The molecule has 1 aromatic carbocycles. The summed E-state index contributed by atoms with van der Waals surface area (Å²) in [6.07, 6.45) is 5.27. The minimum Gasteiger partial charge on any atom is -0.341 e. The van der Waals surface area contributed by atoms with Crippen molar-refractivity contribution in [2.75, 3.05) is 13.1 Å². The molecule has 0 saturated carbocycles. The van der Waals surface area contributed by atoms with Crippen molar-refractivity contribution in [3.8, 4) is 0 Å². The molecule has 0 bridgehead atoms. The van der Waals surface area contributed by atoms with Crippen molar-refractivity contribution >= 4 is 16.9 Å². The second-order valence-corrected chi connectivity index (χ2v) is 5.20. The smallest absolute Gasteiger partial charge is 0.245 e. The van der Waals surface area contributed by atoms with Crippen LogP contribution in [0.25, 0.3) is 11.0 Å². The summed E-state index contributed by atoms with van der Waals surface area (Å²) in [6, 6.07) is 7.77. The Bertz CT molecular complexity index is 584. The van der Waals surface area contributed by atoms with Crippen LogP contribution in [0.2, 0.25) is 0 Å². The summed E-state index contributed by atoms with van der Waals surface area (Å²) < 4.78 is 1.98. The lowest BCUT2D eigenvalue weighted by Crippen LogP contribution is -2.39. The molecule has 1 saturated heterocycles. The molecule has 1 aliphatic rings. The van der Waals surface area contributed by atoms with Gasteiger partial charge in [-0.2, -0.15) is 0 Å². The van der Waals surface area contributed by atoms with Gasteiger partial charge in [0.15, 0.2) is 0 Å². The Balaban J connectivity index is 1.86. The average molecular weight is 257 g/mol. The topological polar surface area (TPSA) is 38.1 Å². The third kappa shape index (κ3) is 2.23. The van der Waals surface area contributed by atoms with Crippen molar-refractivity contribution < 1.29 is 4.79 Å². The molecule has 0 radical (unpaired) electrons. The van der Waals surface area contributed by atoms with E-state index < -0.39 is 0 Å². The number of carbonyl (C=O) groups excluding carboxylic acids is 1. The third-order valence-corrected chi connectivity index (χ3v) is 3.92. The molecule has 0 N–H and O–H groups in total. The fourth-order valence-corrected chi connectivity index (χ4v) is 2.78. The Kier molecular flexibility index (Phi) is 3.23. The lowest BCUT2D eigenvalue weighted by molar-refractivity contribution is -0.135. The van der Waals surface area contributed by atoms with Gasteiger partial charge in [0, 0.05) is 13.1 Å². The number of nitrogens with zero attached hydrogens (tertiary/aromatic N) is 3. The first-order valence-electron chi connectivity index (χ1n) is 6.98. The lowest BCUT2D eigenvalue weighted by atomic mass is 10.1. The van der Waals surface area contributed by atoms with Crippen LogP contribution in [0, 0.1) is 0 Å². The van der Waals surface area contributed by atoms with Crippen molar-refractivity contribution in [1.82, 2.24) is 14.5 Å². The van der Waals surface area contributed by atoms with Crippen LogP contribution in [0.5, 0.6) is 0 Å². The number of fused-ring (bicyclic) bond motifs is 1. The maximum absolute atomic E-state index is 12.5. The van der Waals surface area contributed by atoms with Crippen molar-refractivity contribution in [2.45, 2.75) is 32.2 Å². The number of rotatable bonds is 2. The van der Waals surface area contributed by atoms with Gasteiger partial charge < -0.3 is 9.47 Å². The highest BCUT2D eigenvalue weighted by molar-refractivity contribution is 5.83. The van der Waals surface area contributed by atoms with Crippen LogP contribution in [0.4, 0.5) is 0 Å². The second kappa shape index (κ2) is 5.03. The average Bonchev–Trinajstić information content (AvgIpc) is 2.90. The van der Waals surface area contributed by atoms with Gasteiger partial charge in [-0.15, -0.1) is 0 Å². The van der Waals surface area contributed by atoms with Crippen molar-refractivity contribution in [3.63, 3.8) is 0 Å². The number of hydrogen-bond acceptors (Lipinski definition) is 2. The number of hydrogen-bond donors (Lipinski definition) is 0. The number of aromatic nitrogens is 2. The van der Waals surface area contributed by atoms with Gasteiger partial charge in [0.05, 0.1) is 17.4 Å². The van der Waals surface area contributed by atoms with E-state index in [0.717, 1.165) is 37.0 Å². The fraction of sp³-hybridized carbons (Fsp3) is 0.467. The van der Waals surface area contributed by atoms with E-state index in [9.17, 15) is 4.79 Å². The SMILES string of the molecule is C[C@@H](C(=O)N1CCCCC1)n1cnc2ccccc21. The van der Waals surface area contributed by atoms with E-state index in [2.05, 4.69) is 4.98 Å². The summed E-state index contributed by atoms with van der Waals surface area (Å²) in [5.74, 6) is 0.211. The summed E-state index contributed by atoms with van der Waals surface area (Å²) in [4.78, 5) is 18.9. The number of amides is 1. The number of para-hydroxylation sites is 2. The van der Waals surface area contributed by atoms with Gasteiger partial charge in [-0.1, -0.05) is 12.1 Å². The first kappa shape index (κ1) is 12.2. The molecule has 0 unspecified atom stereocenters. The third-order valence-electron chi connectivity index (χ3n) is 3.92. The molecule has 2 aromatic rings. The van der Waals surface area contributed by atoms with E-state index >= 15 is 0 Å². The summed E-state index contributed by atoms with van der Waals surface area (Å²) in [7, 11) is 0. The zero-order valence-corrected chi connectivity index (χ0v) is 11.2. The van der Waals surface area contributed by atoms with Gasteiger partial charge in [0.1, 0.15) is 6.04 Å². The Morgan fingerprint density at radius 1 is 1.21 bits per heavy atom. The van der Waals surface area contributed by atoms with Crippen LogP contribution in [0.15, 0.2) is 30.6 Å². The minimum atomic E-state index is -0.175. The maximum atomic E-state index is 12.5. The van der Waals surface area contributed by atoms with E-state index in [1.54, 1.807) is 6.33 Å². The second-order valence-electron chi connectivity index (χ2n) is 5.20. The first-order chi connectivity index (χ1) is 9.27. The van der Waals surface area contributed by atoms with Gasteiger partial charge in [-0.25, -0.2) is 4.98 Å². The van der Waals surface area contributed by atoms with Crippen LogP contribution in [-0.2, 0) is 4.79 Å². The van der Waals surface area contributed by atoms with Crippen molar-refractivity contribution in [3.05, 3.63) is 30.6 Å². The largest absolute Gasteiger partial charge is 0.341 e. The van der Waals surface area contributed by atoms with Gasteiger partial charge in [-0.05, 0) is 38.3 Å². The van der Waals surface area contributed by atoms with Crippen LogP contribution in [0.1, 0.15) is 32.2 Å². The van der Waals surface area contributed by atoms with E-state index in [1.807, 2.05) is 40.7 Å². The molecule has 1 fully saturated rings. The van der Waals surface area contributed by atoms with Gasteiger partial charge in [0.2, 0.25) is 5.91 Å². The normalized spacial score (nSPS) is 17.6. The van der Waals surface area contributed by atoms with Crippen LogP contribution in [-0.4, -0.2) is 33.4 Å². The molecule has 4 heteroatoms. The standard InChI is InChI=1S/C15H19N3O/c1-12(15(19)17-9-5-2-6-10-17)18-11-16-13-7-3-4-8-14(13)18/h3-4,7-8,11-12H,2,5-6,9-10H2,1H3/t12-/m0/s1. The Morgan fingerprint density at radius 2 is 1.95 bits per heavy atom. The molecule has 19 heavy (non-hydrogen) atoms.